The Labute approximate surface area is 142 Å². The zero-order valence-electron chi connectivity index (χ0n) is 13.4. The van der Waals surface area contributed by atoms with Crippen LogP contribution in [0.25, 0.3) is 0 Å². The molecule has 2 aromatic carbocycles. The van der Waals surface area contributed by atoms with Crippen molar-refractivity contribution in [3.63, 3.8) is 0 Å². The van der Waals surface area contributed by atoms with Gasteiger partial charge in [-0.1, -0.05) is 0 Å². The molecule has 0 radical (unpaired) electrons. The Balaban J connectivity index is 1.75. The Morgan fingerprint density at radius 3 is 2.32 bits per heavy atom. The molecule has 0 bridgehead atoms. The van der Waals surface area contributed by atoms with E-state index in [1.165, 1.54) is 6.92 Å². The minimum atomic E-state index is -1.61. The first-order valence-electron chi connectivity index (χ1n) is 7.44. The summed E-state index contributed by atoms with van der Waals surface area (Å²) in [5, 5.41) is 0.193. The normalized spacial score (nSPS) is 15.9. The molecule has 2 nitrogen and oxygen atoms in total. The monoisotopic (exact) mass is 376 g/mol. The maximum Gasteiger partial charge on any atom is 0.203 e. The Morgan fingerprint density at radius 1 is 0.960 bits per heavy atom. The van der Waals surface area contributed by atoms with Crippen molar-refractivity contribution in [1.29, 1.82) is 0 Å². The molecule has 0 aliphatic carbocycles. The van der Waals surface area contributed by atoms with Gasteiger partial charge < -0.3 is 9.47 Å². The van der Waals surface area contributed by atoms with E-state index in [4.69, 9.17) is 9.47 Å². The van der Waals surface area contributed by atoms with Crippen molar-refractivity contribution in [3.8, 4) is 11.5 Å². The van der Waals surface area contributed by atoms with E-state index < -0.39 is 37.0 Å². The van der Waals surface area contributed by atoms with Crippen molar-refractivity contribution >= 4 is 13.2 Å². The second-order valence-electron chi connectivity index (χ2n) is 5.68. The zero-order valence-corrected chi connectivity index (χ0v) is 14.3. The number of hydrogen-bond acceptors (Lipinski definition) is 2. The maximum absolute atomic E-state index is 14.1. The third-order valence-corrected chi connectivity index (χ3v) is 6.12. The molecule has 1 unspecified atom stereocenters. The van der Waals surface area contributed by atoms with E-state index in [9.17, 15) is 22.0 Å². The third-order valence-electron chi connectivity index (χ3n) is 3.93. The largest absolute Gasteiger partial charge is 0.490 e. The lowest BCUT2D eigenvalue weighted by molar-refractivity contribution is 0.308. The molecule has 0 amide bonds. The van der Waals surface area contributed by atoms with Gasteiger partial charge >= 0.3 is 0 Å². The first-order valence-corrected chi connectivity index (χ1v) is 9.15. The van der Waals surface area contributed by atoms with Crippen LogP contribution in [0.1, 0.15) is 11.1 Å². The molecule has 1 aliphatic rings. The lowest BCUT2D eigenvalue weighted by Crippen LogP contribution is -2.13. The molecule has 2 aromatic rings. The Morgan fingerprint density at radius 2 is 1.60 bits per heavy atom. The van der Waals surface area contributed by atoms with E-state index in [0.717, 1.165) is 12.1 Å². The van der Waals surface area contributed by atoms with Gasteiger partial charge in [0.2, 0.25) is 5.82 Å². The first-order chi connectivity index (χ1) is 11.8. The maximum atomic E-state index is 14.1. The van der Waals surface area contributed by atoms with Gasteiger partial charge in [0.05, 0.1) is 11.9 Å². The van der Waals surface area contributed by atoms with Gasteiger partial charge in [0.15, 0.2) is 29.0 Å². The van der Waals surface area contributed by atoms with E-state index in [1.807, 2.05) is 0 Å². The van der Waals surface area contributed by atoms with Crippen molar-refractivity contribution in [2.24, 2.45) is 0 Å². The lowest BCUT2D eigenvalue weighted by Gasteiger charge is -2.14. The molecule has 0 aromatic heterocycles. The van der Waals surface area contributed by atoms with Crippen molar-refractivity contribution < 1.29 is 31.4 Å². The molecule has 25 heavy (non-hydrogen) atoms. The van der Waals surface area contributed by atoms with Gasteiger partial charge in [-0.2, -0.15) is 4.39 Å². The molecule has 1 heterocycles. The number of ether oxygens (including phenoxy) is 2. The van der Waals surface area contributed by atoms with E-state index in [-0.39, 0.29) is 35.7 Å². The molecule has 8 heteroatoms. The van der Waals surface area contributed by atoms with Crippen molar-refractivity contribution in [2.45, 2.75) is 13.8 Å². The van der Waals surface area contributed by atoms with E-state index in [1.54, 1.807) is 6.92 Å². The summed E-state index contributed by atoms with van der Waals surface area (Å²) >= 11 is 0. The van der Waals surface area contributed by atoms with Gasteiger partial charge in [0, 0.05) is 6.16 Å². The van der Waals surface area contributed by atoms with Crippen molar-refractivity contribution in [1.82, 2.24) is 0 Å². The molecule has 0 saturated heterocycles. The molecule has 0 N–H and O–H groups in total. The SMILES string of the molecule is Cc1cc(F)c(F)c(F)c1OCCP1COc2c(C)cc(F)c(F)c21. The van der Waals surface area contributed by atoms with Gasteiger partial charge in [-0.25, -0.2) is 17.6 Å². The van der Waals surface area contributed by atoms with Crippen LogP contribution < -0.4 is 14.8 Å². The summed E-state index contributed by atoms with van der Waals surface area (Å²) in [6.07, 6.45) is 0.467. The summed E-state index contributed by atoms with van der Waals surface area (Å²) in [6, 6.07) is 1.91. The zero-order chi connectivity index (χ0) is 18.3. The van der Waals surface area contributed by atoms with Gasteiger partial charge in [-0.3, -0.25) is 0 Å². The fourth-order valence-electron chi connectivity index (χ4n) is 2.70. The quantitative estimate of drug-likeness (QED) is 0.443. The standard InChI is InChI=1S/C17H14F5O2P/c1-8-5-10(18)12(20)14(22)15(8)23-3-4-25-7-24-16-9(2)6-11(19)13(21)17(16)25/h5-6H,3-4,7H2,1-2H3. The van der Waals surface area contributed by atoms with E-state index >= 15 is 0 Å². The van der Waals surface area contributed by atoms with Crippen LogP contribution in [-0.2, 0) is 0 Å². The summed E-state index contributed by atoms with van der Waals surface area (Å²) in [7, 11) is -1.20. The summed E-state index contributed by atoms with van der Waals surface area (Å²) in [4.78, 5) is 0. The Bertz CT molecular complexity index is 841. The fourth-order valence-corrected chi connectivity index (χ4v) is 4.69. The van der Waals surface area contributed by atoms with Crippen LogP contribution in [0.15, 0.2) is 12.1 Å². The number of hydrogen-bond donors (Lipinski definition) is 0. The smallest absolute Gasteiger partial charge is 0.203 e. The van der Waals surface area contributed by atoms with Crippen LogP contribution >= 0.6 is 7.92 Å². The van der Waals surface area contributed by atoms with Crippen LogP contribution in [0.5, 0.6) is 11.5 Å². The molecular weight excluding hydrogens is 362 g/mol. The van der Waals surface area contributed by atoms with Crippen LogP contribution in [-0.4, -0.2) is 19.1 Å². The number of fused-ring (bicyclic) bond motifs is 1. The summed E-state index contributed by atoms with van der Waals surface area (Å²) in [5.41, 5.74) is 0.614. The van der Waals surface area contributed by atoms with Gasteiger partial charge in [-0.15, -0.1) is 0 Å². The van der Waals surface area contributed by atoms with E-state index in [0.29, 0.717) is 11.3 Å². The molecule has 134 valence electrons. The lowest BCUT2D eigenvalue weighted by atomic mass is 10.2. The Hall–Kier alpha value is -1.88. The molecular formula is C17H14F5O2P. The number of rotatable bonds is 4. The average molecular weight is 376 g/mol. The summed E-state index contributed by atoms with van der Waals surface area (Å²) < 4.78 is 78.5. The first kappa shape index (κ1) is 17.9. The highest BCUT2D eigenvalue weighted by molar-refractivity contribution is 7.66. The molecule has 1 aliphatic heterocycles. The van der Waals surface area contributed by atoms with Crippen LogP contribution in [0.2, 0.25) is 0 Å². The van der Waals surface area contributed by atoms with Gasteiger partial charge in [0.1, 0.15) is 12.1 Å². The molecule has 3 rings (SSSR count). The number of aryl methyl sites for hydroxylation is 2. The molecule has 0 saturated carbocycles. The third kappa shape index (κ3) is 3.17. The van der Waals surface area contributed by atoms with Gasteiger partial charge in [-0.05, 0) is 45.0 Å². The highest BCUT2D eigenvalue weighted by Crippen LogP contribution is 2.46. The second kappa shape index (κ2) is 6.79. The predicted octanol–water partition coefficient (Wildman–Crippen LogP) is 4.54. The summed E-state index contributed by atoms with van der Waals surface area (Å²) in [6.45, 7) is 2.95. The molecule has 1 atom stereocenters. The van der Waals surface area contributed by atoms with E-state index in [2.05, 4.69) is 0 Å². The Kier molecular flexibility index (Phi) is 4.87. The second-order valence-corrected chi connectivity index (χ2v) is 7.92. The van der Waals surface area contributed by atoms with Crippen LogP contribution in [0.4, 0.5) is 22.0 Å². The highest BCUT2D eigenvalue weighted by Gasteiger charge is 2.31. The van der Waals surface area contributed by atoms with Crippen LogP contribution in [0.3, 0.4) is 0 Å². The average Bonchev–Trinajstić information content (AvgIpc) is 2.98. The fraction of sp³-hybridized carbons (Fsp3) is 0.294. The molecule has 0 spiro atoms. The highest BCUT2D eigenvalue weighted by atomic mass is 31.1. The number of benzene rings is 2. The summed E-state index contributed by atoms with van der Waals surface area (Å²) in [5.74, 6) is -6.24. The minimum absolute atomic E-state index is 0.0632. The number of halogens is 5. The predicted molar refractivity (Wildman–Crippen MR) is 84.6 cm³/mol. The molecule has 0 fully saturated rings. The van der Waals surface area contributed by atoms with Crippen molar-refractivity contribution in [2.75, 3.05) is 19.1 Å². The topological polar surface area (TPSA) is 18.5 Å². The van der Waals surface area contributed by atoms with Gasteiger partial charge in [0.25, 0.3) is 0 Å². The minimum Gasteiger partial charge on any atom is -0.490 e. The van der Waals surface area contributed by atoms with Crippen molar-refractivity contribution in [3.05, 3.63) is 52.3 Å². The van der Waals surface area contributed by atoms with Crippen LogP contribution in [0, 0.1) is 42.9 Å².